The first kappa shape index (κ1) is 16.5. The van der Waals surface area contributed by atoms with Gasteiger partial charge in [0.25, 0.3) is 0 Å². The monoisotopic (exact) mass is 611 g/mol. The molecule has 9 aromatic rings. The molecule has 0 spiro atoms. The molecule has 0 fully saturated rings. The summed E-state index contributed by atoms with van der Waals surface area (Å²) in [6, 6.07) is 26.8. The summed E-state index contributed by atoms with van der Waals surface area (Å²) in [5, 5.41) is 1.60. The summed E-state index contributed by atoms with van der Waals surface area (Å²) in [7, 11) is 0. The lowest BCUT2D eigenvalue weighted by Crippen LogP contribution is -2.03. The van der Waals surface area contributed by atoms with Gasteiger partial charge in [0.2, 0.25) is 0 Å². The average Bonchev–Trinajstić information content (AvgIpc) is 3.80. The van der Waals surface area contributed by atoms with Gasteiger partial charge in [-0.2, -0.15) is 0 Å². The number of rotatable bonds is 4. The summed E-state index contributed by atoms with van der Waals surface area (Å²) in [6.45, 7) is -3.17. The van der Waals surface area contributed by atoms with Crippen molar-refractivity contribution in [1.29, 1.82) is 0 Å². The van der Waals surface area contributed by atoms with Gasteiger partial charge in [0.1, 0.15) is 5.82 Å². The Labute approximate surface area is 291 Å². The van der Waals surface area contributed by atoms with Crippen molar-refractivity contribution in [3.8, 4) is 50.2 Å². The van der Waals surface area contributed by atoms with Crippen LogP contribution < -0.4 is 0 Å². The van der Waals surface area contributed by atoms with Crippen LogP contribution in [0.2, 0.25) is 0 Å². The van der Waals surface area contributed by atoms with E-state index in [9.17, 15) is 5.48 Å². The molecule has 0 atom stereocenters. The van der Waals surface area contributed by atoms with Crippen LogP contribution in [0.15, 0.2) is 151 Å². The standard InChI is InChI=1S/C45H30N2/c1-2-42-46-39-23-10-12-25-41(39)47(42)40-24-11-9-20-38(40)45-33-18-7-5-16-31(33)44(32-17-6-8-19-34(32)45)37-27-26-36-29-15-4-3-14-28(29)30-21-13-22-35(37)43(30)36/h3-27H,2H2,1H3/i1D3,2D2,5D,6D,7D,8D,16D,17D,18D,19D. The third-order valence-electron chi connectivity index (χ3n) is 9.28. The molecular formula is C45H30N2. The zero-order chi connectivity index (χ0) is 42.3. The molecule has 47 heavy (non-hydrogen) atoms. The maximum absolute atomic E-state index is 9.56. The van der Waals surface area contributed by atoms with Gasteiger partial charge in [0.05, 0.1) is 27.7 Å². The number of nitrogens with zero attached hydrogens (tertiary/aromatic N) is 2. The van der Waals surface area contributed by atoms with Gasteiger partial charge in [-0.1, -0.05) is 140 Å². The summed E-state index contributed by atoms with van der Waals surface area (Å²) in [6.07, 6.45) is -2.99. The lowest BCUT2D eigenvalue weighted by Gasteiger charge is -2.21. The second-order valence-electron chi connectivity index (χ2n) is 11.6. The fourth-order valence-corrected chi connectivity index (χ4v) is 7.42. The van der Waals surface area contributed by atoms with Crippen LogP contribution in [0, 0.1) is 0 Å². The molecule has 2 heteroatoms. The number of benzene rings is 8. The SMILES string of the molecule is [2H]c1c([2H])c([2H])c2c(-c3ccc4c5c(cccc35)-c3ccccc3-4)c3c([2H])c([2H])c([2H])c([2H])c3c(-c3ccccc3-n3c(C([2H])([2H])C([2H])([2H])[2H])nc4ccccc43)c2c1[2H]. The molecule has 1 aliphatic carbocycles. The summed E-state index contributed by atoms with van der Waals surface area (Å²) in [4.78, 5) is 4.50. The first-order valence-corrected chi connectivity index (χ1v) is 15.3. The molecule has 0 amide bonds. The van der Waals surface area contributed by atoms with Crippen LogP contribution in [0.4, 0.5) is 0 Å². The molecule has 8 aromatic carbocycles. The Hall–Kier alpha value is -5.99. The zero-order valence-electron chi connectivity index (χ0n) is 37.7. The highest BCUT2D eigenvalue weighted by Crippen LogP contribution is 2.52. The van der Waals surface area contributed by atoms with Gasteiger partial charge in [0, 0.05) is 18.8 Å². The molecule has 1 heterocycles. The van der Waals surface area contributed by atoms with E-state index in [0.29, 0.717) is 16.6 Å². The molecule has 0 saturated heterocycles. The minimum Gasteiger partial charge on any atom is -0.296 e. The Morgan fingerprint density at radius 1 is 0.553 bits per heavy atom. The predicted octanol–water partition coefficient (Wildman–Crippen LogP) is 12.0. The average molecular weight is 612 g/mol. The van der Waals surface area contributed by atoms with E-state index in [2.05, 4.69) is 4.98 Å². The highest BCUT2D eigenvalue weighted by atomic mass is 15.1. The van der Waals surface area contributed by atoms with Crippen LogP contribution in [-0.2, 0) is 6.37 Å². The molecule has 0 radical (unpaired) electrons. The van der Waals surface area contributed by atoms with Crippen molar-refractivity contribution in [2.24, 2.45) is 0 Å². The molecule has 1 aromatic heterocycles. The lowest BCUT2D eigenvalue weighted by atomic mass is 9.84. The van der Waals surface area contributed by atoms with Crippen LogP contribution >= 0.6 is 0 Å². The van der Waals surface area contributed by atoms with Gasteiger partial charge < -0.3 is 0 Å². The Bertz CT molecular complexity index is 3270. The molecule has 0 N–H and O–H groups in total. The van der Waals surface area contributed by atoms with Crippen molar-refractivity contribution in [2.45, 2.75) is 13.2 Å². The number of aryl methyl sites for hydroxylation is 1. The van der Waals surface area contributed by atoms with E-state index >= 15 is 0 Å². The van der Waals surface area contributed by atoms with Gasteiger partial charge in [-0.25, -0.2) is 4.98 Å². The number of para-hydroxylation sites is 3. The molecule has 0 unspecified atom stereocenters. The van der Waals surface area contributed by atoms with E-state index in [4.69, 9.17) is 12.3 Å². The maximum Gasteiger partial charge on any atom is 0.114 e. The minimum absolute atomic E-state index is 0.0214. The topological polar surface area (TPSA) is 17.8 Å². The number of imidazole rings is 1. The molecular weight excluding hydrogens is 569 g/mol. The van der Waals surface area contributed by atoms with Crippen molar-refractivity contribution >= 4 is 43.4 Å². The highest BCUT2D eigenvalue weighted by Gasteiger charge is 2.25. The Balaban J connectivity index is 1.44. The minimum atomic E-state index is -3.17. The summed E-state index contributed by atoms with van der Waals surface area (Å²) < 4.78 is 118. The third kappa shape index (κ3) is 3.64. The quantitative estimate of drug-likeness (QED) is 0.181. The molecule has 220 valence electrons. The van der Waals surface area contributed by atoms with E-state index < -0.39 is 67.4 Å². The molecule has 0 saturated carbocycles. The van der Waals surface area contributed by atoms with Crippen molar-refractivity contribution < 1.29 is 17.8 Å². The van der Waals surface area contributed by atoms with Gasteiger partial charge in [-0.05, 0) is 89.5 Å². The maximum atomic E-state index is 9.56. The molecule has 0 bridgehead atoms. The Morgan fingerprint density at radius 2 is 1.11 bits per heavy atom. The van der Waals surface area contributed by atoms with E-state index in [0.717, 1.165) is 33.0 Å². The van der Waals surface area contributed by atoms with Crippen molar-refractivity contribution in [2.75, 3.05) is 0 Å². The number of hydrogen-bond acceptors (Lipinski definition) is 1. The normalized spacial score (nSPS) is 16.6. The van der Waals surface area contributed by atoms with Gasteiger partial charge in [-0.3, -0.25) is 4.57 Å². The van der Waals surface area contributed by atoms with Crippen LogP contribution in [0.5, 0.6) is 0 Å². The third-order valence-corrected chi connectivity index (χ3v) is 9.28. The number of hydrogen-bond donors (Lipinski definition) is 0. The van der Waals surface area contributed by atoms with E-state index in [1.165, 1.54) is 4.57 Å². The van der Waals surface area contributed by atoms with E-state index in [1.807, 2.05) is 54.6 Å². The fraction of sp³-hybridized carbons (Fsp3) is 0.0444. The lowest BCUT2D eigenvalue weighted by molar-refractivity contribution is 0.909. The van der Waals surface area contributed by atoms with Gasteiger partial charge in [0.15, 0.2) is 0 Å². The van der Waals surface area contributed by atoms with Crippen LogP contribution in [0.25, 0.3) is 93.5 Å². The summed E-state index contributed by atoms with van der Waals surface area (Å²) in [5.41, 5.74) is 5.71. The largest absolute Gasteiger partial charge is 0.296 e. The van der Waals surface area contributed by atoms with E-state index in [-0.39, 0.29) is 43.9 Å². The molecule has 10 rings (SSSR count). The van der Waals surface area contributed by atoms with Gasteiger partial charge in [-0.15, -0.1) is 0 Å². The summed E-state index contributed by atoms with van der Waals surface area (Å²) >= 11 is 0. The fourth-order valence-electron chi connectivity index (χ4n) is 7.42. The highest BCUT2D eigenvalue weighted by molar-refractivity contribution is 6.26. The Kier molecular flexibility index (Phi) is 3.52. The van der Waals surface area contributed by atoms with Crippen LogP contribution in [0.1, 0.15) is 30.5 Å². The second kappa shape index (κ2) is 10.0. The number of fused-ring (bicyclic) bond motifs is 6. The predicted molar refractivity (Wildman–Crippen MR) is 198 cm³/mol. The molecule has 2 nitrogen and oxygen atoms in total. The van der Waals surface area contributed by atoms with Gasteiger partial charge >= 0.3 is 0 Å². The molecule has 0 aliphatic heterocycles. The first-order chi connectivity index (χ1) is 28.6. The smallest absolute Gasteiger partial charge is 0.114 e. The van der Waals surface area contributed by atoms with Crippen molar-refractivity contribution in [3.63, 3.8) is 0 Å². The number of aromatic nitrogens is 2. The summed E-state index contributed by atoms with van der Waals surface area (Å²) in [5.74, 6) is -0.445. The van der Waals surface area contributed by atoms with E-state index in [1.54, 1.807) is 48.5 Å². The molecule has 1 aliphatic rings. The van der Waals surface area contributed by atoms with Crippen LogP contribution in [0.3, 0.4) is 0 Å². The first-order valence-electron chi connectivity index (χ1n) is 21.8. The van der Waals surface area contributed by atoms with Crippen LogP contribution in [-0.4, -0.2) is 9.55 Å². The van der Waals surface area contributed by atoms with Crippen molar-refractivity contribution in [1.82, 2.24) is 9.55 Å². The Morgan fingerprint density at radius 3 is 1.81 bits per heavy atom. The zero-order valence-corrected chi connectivity index (χ0v) is 24.7. The van der Waals surface area contributed by atoms with Crippen molar-refractivity contribution in [3.05, 3.63) is 157 Å². The second-order valence-corrected chi connectivity index (χ2v) is 11.6.